The van der Waals surface area contributed by atoms with Crippen molar-refractivity contribution in [2.24, 2.45) is 0 Å². The minimum Gasteiger partial charge on any atom is -0.351 e. The maximum atomic E-state index is 12.4. The smallest absolute Gasteiger partial charge is 0.222 e. The zero-order valence-corrected chi connectivity index (χ0v) is 19.2. The van der Waals surface area contributed by atoms with Gasteiger partial charge in [-0.05, 0) is 65.9 Å². The monoisotopic (exact) mass is 413 g/mol. The average molecular weight is 414 g/mol. The number of aryl methyl sites for hydroxylation is 2. The van der Waals surface area contributed by atoms with Crippen LogP contribution in [0.2, 0.25) is 0 Å². The van der Waals surface area contributed by atoms with E-state index in [0.29, 0.717) is 19.3 Å². The molecule has 1 saturated heterocycles. The van der Waals surface area contributed by atoms with Crippen LogP contribution in [-0.4, -0.2) is 43.4 Å². The second-order valence-corrected chi connectivity index (χ2v) is 9.35. The summed E-state index contributed by atoms with van der Waals surface area (Å²) in [5.41, 5.74) is 4.48. The molecular weight excluding hydrogens is 378 g/mol. The van der Waals surface area contributed by atoms with Crippen LogP contribution in [0.3, 0.4) is 0 Å². The second kappa shape index (κ2) is 8.74. The molecule has 3 heterocycles. The van der Waals surface area contributed by atoms with E-state index in [1.54, 1.807) is 0 Å². The average Bonchev–Trinajstić information content (AvgIpc) is 3.09. The van der Waals surface area contributed by atoms with Gasteiger partial charge in [0.15, 0.2) is 5.65 Å². The van der Waals surface area contributed by atoms with E-state index in [1.807, 2.05) is 57.0 Å². The molecule has 1 aliphatic rings. The number of likely N-dealkylation sites (tertiary alicyclic amines) is 1. The van der Waals surface area contributed by atoms with Gasteiger partial charge in [0.2, 0.25) is 11.8 Å². The van der Waals surface area contributed by atoms with Crippen molar-refractivity contribution in [1.29, 1.82) is 0 Å². The van der Waals surface area contributed by atoms with Crippen molar-refractivity contribution in [3.05, 3.63) is 28.7 Å². The van der Waals surface area contributed by atoms with Gasteiger partial charge in [0, 0.05) is 42.4 Å². The number of rotatable bonds is 5. The fraction of sp³-hybridized carbons (Fsp3) is 0.652. The summed E-state index contributed by atoms with van der Waals surface area (Å²) in [5, 5.41) is 7.87. The predicted octanol–water partition coefficient (Wildman–Crippen LogP) is 3.66. The van der Waals surface area contributed by atoms with Crippen LogP contribution in [0.5, 0.6) is 0 Å². The fourth-order valence-corrected chi connectivity index (χ4v) is 4.33. The van der Waals surface area contributed by atoms with Crippen molar-refractivity contribution >= 4 is 17.5 Å². The van der Waals surface area contributed by atoms with E-state index < -0.39 is 0 Å². The molecule has 30 heavy (non-hydrogen) atoms. The van der Waals surface area contributed by atoms with Gasteiger partial charge in [-0.2, -0.15) is 5.10 Å². The lowest BCUT2D eigenvalue weighted by Gasteiger charge is -2.34. The third-order valence-corrected chi connectivity index (χ3v) is 5.77. The fourth-order valence-electron chi connectivity index (χ4n) is 4.33. The quantitative estimate of drug-likeness (QED) is 0.811. The number of fused-ring (bicyclic) bond motifs is 1. The number of nitrogens with zero attached hydrogens (tertiary/aromatic N) is 4. The van der Waals surface area contributed by atoms with Gasteiger partial charge in [0.05, 0.1) is 11.7 Å². The first-order valence-corrected chi connectivity index (χ1v) is 11.1. The minimum atomic E-state index is -0.234. The van der Waals surface area contributed by atoms with Crippen LogP contribution >= 0.6 is 0 Å². The lowest BCUT2D eigenvalue weighted by Crippen LogP contribution is -2.40. The Labute approximate surface area is 179 Å². The van der Waals surface area contributed by atoms with Gasteiger partial charge in [-0.25, -0.2) is 9.50 Å². The SMILES string of the molecule is CCC(=O)N1CCCC[C@@H]1c1cc2nc(C)c(CCC(=O)NC(C)(C)C)c(C)n2n1. The number of hydrogen-bond acceptors (Lipinski definition) is 4. The molecule has 1 fully saturated rings. The summed E-state index contributed by atoms with van der Waals surface area (Å²) in [6.07, 6.45) is 4.65. The van der Waals surface area contributed by atoms with Gasteiger partial charge in [-0.15, -0.1) is 0 Å². The molecule has 0 unspecified atom stereocenters. The van der Waals surface area contributed by atoms with E-state index in [9.17, 15) is 9.59 Å². The zero-order chi connectivity index (χ0) is 22.1. The zero-order valence-electron chi connectivity index (χ0n) is 19.2. The van der Waals surface area contributed by atoms with Crippen molar-refractivity contribution in [3.8, 4) is 0 Å². The minimum absolute atomic E-state index is 0.0219. The molecule has 1 aliphatic heterocycles. The van der Waals surface area contributed by atoms with Crippen molar-refractivity contribution in [3.63, 3.8) is 0 Å². The van der Waals surface area contributed by atoms with Crippen LogP contribution in [0.15, 0.2) is 6.07 Å². The third kappa shape index (κ3) is 4.82. The van der Waals surface area contributed by atoms with Crippen LogP contribution in [0.4, 0.5) is 0 Å². The highest BCUT2D eigenvalue weighted by atomic mass is 16.2. The van der Waals surface area contributed by atoms with Gasteiger partial charge in [-0.3, -0.25) is 9.59 Å². The molecule has 0 radical (unpaired) electrons. The van der Waals surface area contributed by atoms with Crippen molar-refractivity contribution in [1.82, 2.24) is 24.8 Å². The Balaban J connectivity index is 1.87. The first kappa shape index (κ1) is 22.2. The molecule has 2 amide bonds. The van der Waals surface area contributed by atoms with Crippen LogP contribution in [0.1, 0.15) is 88.5 Å². The summed E-state index contributed by atoms with van der Waals surface area (Å²) in [6.45, 7) is 12.7. The maximum absolute atomic E-state index is 12.4. The second-order valence-electron chi connectivity index (χ2n) is 9.35. The summed E-state index contributed by atoms with van der Waals surface area (Å²) >= 11 is 0. The summed E-state index contributed by atoms with van der Waals surface area (Å²) in [4.78, 5) is 31.4. The van der Waals surface area contributed by atoms with Crippen molar-refractivity contribution in [2.45, 2.75) is 91.6 Å². The molecule has 1 N–H and O–H groups in total. The summed E-state index contributed by atoms with van der Waals surface area (Å²) < 4.78 is 1.88. The topological polar surface area (TPSA) is 79.6 Å². The van der Waals surface area contributed by atoms with E-state index in [4.69, 9.17) is 10.1 Å². The van der Waals surface area contributed by atoms with E-state index >= 15 is 0 Å². The van der Waals surface area contributed by atoms with E-state index in [0.717, 1.165) is 54.1 Å². The number of nitrogens with one attached hydrogen (secondary N) is 1. The van der Waals surface area contributed by atoms with Gasteiger partial charge in [0.1, 0.15) is 0 Å². The Hall–Kier alpha value is -2.44. The molecule has 0 spiro atoms. The molecule has 0 bridgehead atoms. The number of amides is 2. The standard InChI is InChI=1S/C23H35N5O2/c1-7-22(30)27-13-9-8-10-19(27)18-14-20-24-15(2)17(16(3)28(20)26-18)11-12-21(29)25-23(4,5)6/h14,19H,7-13H2,1-6H3,(H,25,29)/t19-/m1/s1. The number of hydrogen-bond donors (Lipinski definition) is 1. The Kier molecular flexibility index (Phi) is 6.48. The molecule has 2 aromatic rings. The molecule has 7 heteroatoms. The molecule has 7 nitrogen and oxygen atoms in total. The highest BCUT2D eigenvalue weighted by Crippen LogP contribution is 2.31. The van der Waals surface area contributed by atoms with E-state index in [1.165, 1.54) is 0 Å². The Morgan fingerprint density at radius 1 is 1.23 bits per heavy atom. The molecule has 3 rings (SSSR count). The molecule has 2 aromatic heterocycles. The molecule has 0 saturated carbocycles. The first-order valence-electron chi connectivity index (χ1n) is 11.1. The number of piperidine rings is 1. The highest BCUT2D eigenvalue weighted by Gasteiger charge is 2.29. The summed E-state index contributed by atoms with van der Waals surface area (Å²) in [7, 11) is 0. The predicted molar refractivity (Wildman–Crippen MR) is 117 cm³/mol. The van der Waals surface area contributed by atoms with E-state index in [2.05, 4.69) is 5.32 Å². The Morgan fingerprint density at radius 3 is 2.63 bits per heavy atom. The largest absolute Gasteiger partial charge is 0.351 e. The summed E-state index contributed by atoms with van der Waals surface area (Å²) in [5.74, 6) is 0.224. The molecule has 0 aliphatic carbocycles. The van der Waals surface area contributed by atoms with Crippen LogP contribution < -0.4 is 5.32 Å². The maximum Gasteiger partial charge on any atom is 0.222 e. The van der Waals surface area contributed by atoms with E-state index in [-0.39, 0.29) is 23.4 Å². The number of aromatic nitrogens is 3. The molecule has 0 aromatic carbocycles. The third-order valence-electron chi connectivity index (χ3n) is 5.77. The Bertz CT molecular complexity index is 941. The van der Waals surface area contributed by atoms with Crippen LogP contribution in [0, 0.1) is 13.8 Å². The highest BCUT2D eigenvalue weighted by molar-refractivity contribution is 5.77. The molecule has 1 atom stereocenters. The number of carbonyl (C=O) groups excluding carboxylic acids is 2. The number of carbonyl (C=O) groups is 2. The van der Waals surface area contributed by atoms with Crippen molar-refractivity contribution < 1.29 is 9.59 Å². The van der Waals surface area contributed by atoms with Gasteiger partial charge >= 0.3 is 0 Å². The molecular formula is C23H35N5O2. The van der Waals surface area contributed by atoms with Crippen LogP contribution in [-0.2, 0) is 16.0 Å². The lowest BCUT2D eigenvalue weighted by molar-refractivity contribution is -0.134. The summed E-state index contributed by atoms with van der Waals surface area (Å²) in [6, 6.07) is 2.04. The molecule has 164 valence electrons. The van der Waals surface area contributed by atoms with Gasteiger partial charge in [-0.1, -0.05) is 6.92 Å². The van der Waals surface area contributed by atoms with Gasteiger partial charge in [0.25, 0.3) is 0 Å². The van der Waals surface area contributed by atoms with Crippen molar-refractivity contribution in [2.75, 3.05) is 6.54 Å². The Morgan fingerprint density at radius 2 is 1.97 bits per heavy atom. The van der Waals surface area contributed by atoms with Gasteiger partial charge < -0.3 is 10.2 Å². The first-order chi connectivity index (χ1) is 14.1. The normalized spacial score (nSPS) is 17.4. The van der Waals surface area contributed by atoms with Crippen LogP contribution in [0.25, 0.3) is 5.65 Å². The lowest BCUT2D eigenvalue weighted by atomic mass is 9.99.